The molecule has 0 bridgehead atoms. The van der Waals surface area contributed by atoms with Crippen molar-refractivity contribution in [2.24, 2.45) is 0 Å². The number of fused-ring (bicyclic) bond motifs is 1. The Morgan fingerprint density at radius 1 is 0.966 bits per heavy atom. The number of anilines is 3. The number of aromatic amines is 1. The molecule has 7 nitrogen and oxygen atoms in total. The molecule has 144 valence electrons. The zero-order valence-electron chi connectivity index (χ0n) is 15.0. The molecule has 8 heteroatoms. The lowest BCUT2D eigenvalue weighted by Gasteiger charge is -2.22. The Morgan fingerprint density at radius 3 is 2.03 bits per heavy atom. The van der Waals surface area contributed by atoms with Crippen molar-refractivity contribution in [2.45, 2.75) is 0 Å². The van der Waals surface area contributed by atoms with E-state index in [-0.39, 0.29) is 16.5 Å². The zero-order chi connectivity index (χ0) is 20.5. The van der Waals surface area contributed by atoms with E-state index in [1.165, 1.54) is 11.0 Å². The lowest BCUT2D eigenvalue weighted by Crippen LogP contribution is -2.25. The van der Waals surface area contributed by atoms with Crippen LogP contribution in [-0.4, -0.2) is 22.0 Å². The smallest absolute Gasteiger partial charge is 0.341 e. The Morgan fingerprint density at radius 2 is 1.52 bits per heavy atom. The molecule has 0 saturated heterocycles. The van der Waals surface area contributed by atoms with Crippen molar-refractivity contribution in [2.75, 3.05) is 10.6 Å². The van der Waals surface area contributed by atoms with Crippen molar-refractivity contribution in [3.05, 3.63) is 87.5 Å². The average Bonchev–Trinajstić information content (AvgIpc) is 3.04. The number of carbonyl (C=O) groups excluding carboxylic acids is 1. The first-order valence-corrected chi connectivity index (χ1v) is 9.42. The molecule has 1 amide bonds. The summed E-state index contributed by atoms with van der Waals surface area (Å²) in [5.74, 6) is -1.74. The summed E-state index contributed by atoms with van der Waals surface area (Å²) >= 11 is 1.02. The molecule has 2 heterocycles. The normalized spacial score (nSPS) is 10.8. The van der Waals surface area contributed by atoms with Gasteiger partial charge in [0, 0.05) is 16.8 Å². The van der Waals surface area contributed by atoms with Crippen LogP contribution in [0.3, 0.4) is 0 Å². The number of carboxylic acids is 1. The summed E-state index contributed by atoms with van der Waals surface area (Å²) in [7, 11) is 0. The second kappa shape index (κ2) is 7.25. The molecule has 0 unspecified atom stereocenters. The number of thiophene rings is 1. The number of para-hydroxylation sites is 2. The Labute approximate surface area is 168 Å². The van der Waals surface area contributed by atoms with Gasteiger partial charge in [-0.1, -0.05) is 36.4 Å². The number of nitrogens with one attached hydrogen (secondary N) is 1. The number of benzene rings is 2. The van der Waals surface area contributed by atoms with Crippen LogP contribution in [0.1, 0.15) is 20.0 Å². The van der Waals surface area contributed by atoms with E-state index in [1.54, 1.807) is 24.3 Å². The van der Waals surface area contributed by atoms with Crippen LogP contribution in [0.5, 0.6) is 0 Å². The highest BCUT2D eigenvalue weighted by Gasteiger charge is 2.26. The number of rotatable bonds is 4. The molecular formula is C21H15N3O4S. The number of nitrogens with zero attached hydrogens (tertiary/aromatic N) is 1. The maximum absolute atomic E-state index is 13.5. The van der Waals surface area contributed by atoms with E-state index in [4.69, 9.17) is 5.73 Å². The number of aromatic carboxylic acids is 1. The van der Waals surface area contributed by atoms with Crippen molar-refractivity contribution in [3.8, 4) is 0 Å². The van der Waals surface area contributed by atoms with Crippen LogP contribution < -0.4 is 16.2 Å². The maximum Gasteiger partial charge on any atom is 0.341 e. The van der Waals surface area contributed by atoms with Crippen molar-refractivity contribution < 1.29 is 14.7 Å². The first kappa shape index (κ1) is 18.5. The van der Waals surface area contributed by atoms with E-state index >= 15 is 0 Å². The molecule has 0 fully saturated rings. The van der Waals surface area contributed by atoms with Crippen LogP contribution in [0, 0.1) is 0 Å². The Bertz CT molecular complexity index is 1240. The highest BCUT2D eigenvalue weighted by molar-refractivity contribution is 7.21. The fourth-order valence-electron chi connectivity index (χ4n) is 3.03. The average molecular weight is 405 g/mol. The van der Waals surface area contributed by atoms with E-state index in [1.807, 2.05) is 36.4 Å². The molecule has 0 radical (unpaired) electrons. The summed E-state index contributed by atoms with van der Waals surface area (Å²) in [6.07, 6.45) is 0. The van der Waals surface area contributed by atoms with Gasteiger partial charge in [-0.15, -0.1) is 11.3 Å². The van der Waals surface area contributed by atoms with Gasteiger partial charge in [0.2, 0.25) is 0 Å². The number of nitrogens with two attached hydrogens (primary N) is 1. The number of carbonyl (C=O) groups is 2. The molecule has 2 aromatic carbocycles. The Hall–Kier alpha value is -3.91. The van der Waals surface area contributed by atoms with Gasteiger partial charge in [0.1, 0.15) is 15.3 Å². The largest absolute Gasteiger partial charge is 0.477 e. The molecule has 0 aliphatic rings. The highest BCUT2D eigenvalue weighted by atomic mass is 32.1. The van der Waals surface area contributed by atoms with Gasteiger partial charge >= 0.3 is 5.97 Å². The molecular weight excluding hydrogens is 390 g/mol. The topological polar surface area (TPSA) is 116 Å². The number of hydrogen-bond donors (Lipinski definition) is 3. The fourth-order valence-corrected chi connectivity index (χ4v) is 4.06. The summed E-state index contributed by atoms with van der Waals surface area (Å²) in [6.45, 7) is 0. The van der Waals surface area contributed by atoms with Crippen molar-refractivity contribution >= 4 is 50.5 Å². The lowest BCUT2D eigenvalue weighted by atomic mass is 10.2. The van der Waals surface area contributed by atoms with Crippen molar-refractivity contribution in [3.63, 3.8) is 0 Å². The van der Waals surface area contributed by atoms with E-state index < -0.39 is 17.1 Å². The van der Waals surface area contributed by atoms with Crippen LogP contribution in [-0.2, 0) is 0 Å². The second-order valence-electron chi connectivity index (χ2n) is 6.22. The van der Waals surface area contributed by atoms with Gasteiger partial charge in [-0.2, -0.15) is 0 Å². The SMILES string of the molecule is Nc1c(C(=O)N(c2ccccc2)c2ccccc2)sc2[nH]c(=O)c(C(=O)O)cc12. The number of aromatic nitrogens is 1. The van der Waals surface area contributed by atoms with Crippen LogP contribution in [0.2, 0.25) is 0 Å². The van der Waals surface area contributed by atoms with Crippen molar-refractivity contribution in [1.82, 2.24) is 4.98 Å². The van der Waals surface area contributed by atoms with Gasteiger partial charge in [-0.3, -0.25) is 14.5 Å². The summed E-state index contributed by atoms with van der Waals surface area (Å²) in [5.41, 5.74) is 6.47. The highest BCUT2D eigenvalue weighted by Crippen LogP contribution is 2.36. The molecule has 0 aliphatic carbocycles. The van der Waals surface area contributed by atoms with Gasteiger partial charge in [0.15, 0.2) is 0 Å². The standard InChI is InChI=1S/C21H15N3O4S/c22-16-14-11-15(21(27)28)18(25)23-19(14)29-17(16)20(26)24(12-7-3-1-4-8-12)13-9-5-2-6-10-13/h1-11H,22H2,(H,23,25)(H,27,28). The number of amides is 1. The van der Waals surface area contributed by atoms with Crippen LogP contribution >= 0.6 is 11.3 Å². The number of nitrogen functional groups attached to an aromatic ring is 1. The second-order valence-corrected chi connectivity index (χ2v) is 7.24. The third kappa shape index (κ3) is 3.26. The number of pyridine rings is 1. The molecule has 4 N–H and O–H groups in total. The van der Waals surface area contributed by atoms with Gasteiger partial charge in [0.25, 0.3) is 11.5 Å². The van der Waals surface area contributed by atoms with E-state index in [9.17, 15) is 19.5 Å². The van der Waals surface area contributed by atoms with E-state index in [2.05, 4.69) is 4.98 Å². The minimum Gasteiger partial charge on any atom is -0.477 e. The quantitative estimate of drug-likeness (QED) is 0.477. The number of carboxylic acid groups (broad SMARTS) is 1. The zero-order valence-corrected chi connectivity index (χ0v) is 15.8. The maximum atomic E-state index is 13.5. The third-order valence-corrected chi connectivity index (χ3v) is 5.53. The van der Waals surface area contributed by atoms with Crippen LogP contribution in [0.4, 0.5) is 17.1 Å². The minimum absolute atomic E-state index is 0.130. The summed E-state index contributed by atoms with van der Waals surface area (Å²) in [5, 5.41) is 9.52. The monoisotopic (exact) mass is 405 g/mol. The number of hydrogen-bond acceptors (Lipinski definition) is 5. The molecule has 4 rings (SSSR count). The molecule has 0 atom stereocenters. The third-order valence-electron chi connectivity index (χ3n) is 4.40. The Balaban J connectivity index is 1.89. The lowest BCUT2D eigenvalue weighted by molar-refractivity contribution is 0.0695. The molecule has 0 spiro atoms. The van der Waals surface area contributed by atoms with E-state index in [0.717, 1.165) is 11.3 Å². The fraction of sp³-hybridized carbons (Fsp3) is 0. The molecule has 2 aromatic heterocycles. The van der Waals surface area contributed by atoms with Gasteiger partial charge in [0.05, 0.1) is 5.69 Å². The summed E-state index contributed by atoms with van der Waals surface area (Å²) in [6, 6.07) is 19.4. The van der Waals surface area contributed by atoms with E-state index in [0.29, 0.717) is 21.6 Å². The number of H-pyrrole nitrogens is 1. The molecule has 0 aliphatic heterocycles. The summed E-state index contributed by atoms with van der Waals surface area (Å²) in [4.78, 5) is 41.3. The first-order chi connectivity index (χ1) is 14.0. The predicted molar refractivity (Wildman–Crippen MR) is 113 cm³/mol. The predicted octanol–water partition coefficient (Wildman–Crippen LogP) is 3.85. The van der Waals surface area contributed by atoms with Gasteiger partial charge in [-0.05, 0) is 30.3 Å². The minimum atomic E-state index is -1.36. The molecule has 4 aromatic rings. The van der Waals surface area contributed by atoms with Gasteiger partial charge in [-0.25, -0.2) is 4.79 Å². The first-order valence-electron chi connectivity index (χ1n) is 8.60. The van der Waals surface area contributed by atoms with Gasteiger partial charge < -0.3 is 15.8 Å². The summed E-state index contributed by atoms with van der Waals surface area (Å²) < 4.78 is 0. The van der Waals surface area contributed by atoms with Crippen LogP contribution in [0.15, 0.2) is 71.5 Å². The van der Waals surface area contributed by atoms with Crippen molar-refractivity contribution in [1.29, 1.82) is 0 Å². The molecule has 29 heavy (non-hydrogen) atoms. The molecule has 0 saturated carbocycles. The Kier molecular flexibility index (Phi) is 4.61. The van der Waals surface area contributed by atoms with Crippen LogP contribution in [0.25, 0.3) is 10.2 Å².